The van der Waals surface area contributed by atoms with Gasteiger partial charge in [-0.25, -0.2) is 4.79 Å². The van der Waals surface area contributed by atoms with Crippen molar-refractivity contribution in [2.45, 2.75) is 43.9 Å². The monoisotopic (exact) mass is 399 g/mol. The second-order valence-corrected chi connectivity index (χ2v) is 7.74. The van der Waals surface area contributed by atoms with Crippen LogP contribution in [0.5, 0.6) is 11.5 Å². The number of likely N-dealkylation sites (tertiary alicyclic amines) is 2. The van der Waals surface area contributed by atoms with E-state index in [9.17, 15) is 9.59 Å². The van der Waals surface area contributed by atoms with E-state index in [-0.39, 0.29) is 24.0 Å². The fourth-order valence-corrected chi connectivity index (χ4v) is 4.25. The number of amides is 1. The van der Waals surface area contributed by atoms with Gasteiger partial charge in [-0.15, -0.1) is 0 Å². The SMILES string of the molecule is COC(=O)C1Cc2ccc(O[C@H]3CCN(CC(=O)N4CCC[C@H]4C#N)C3)cc2O1. The van der Waals surface area contributed by atoms with Crippen molar-refractivity contribution >= 4 is 11.9 Å². The minimum atomic E-state index is -0.596. The Morgan fingerprint density at radius 2 is 2.17 bits per heavy atom. The standard InChI is InChI=1S/C21H25N3O5/c1-27-21(26)19-9-14-4-5-16(10-18(14)29-19)28-17-6-8-23(12-17)13-20(25)24-7-2-3-15(24)11-22/h4-5,10,15,17,19H,2-3,6-9,12-13H2,1H3/t15-,17-,19?/m0/s1. The van der Waals surface area contributed by atoms with E-state index in [0.29, 0.717) is 37.6 Å². The predicted octanol–water partition coefficient (Wildman–Crippen LogP) is 1.13. The molecule has 29 heavy (non-hydrogen) atoms. The van der Waals surface area contributed by atoms with Gasteiger partial charge in [0.25, 0.3) is 0 Å². The Labute approximate surface area is 169 Å². The summed E-state index contributed by atoms with van der Waals surface area (Å²) in [6, 6.07) is 7.55. The number of carbonyl (C=O) groups is 2. The van der Waals surface area contributed by atoms with E-state index in [0.717, 1.165) is 31.4 Å². The van der Waals surface area contributed by atoms with Gasteiger partial charge >= 0.3 is 5.97 Å². The van der Waals surface area contributed by atoms with Crippen molar-refractivity contribution in [3.05, 3.63) is 23.8 Å². The minimum absolute atomic E-state index is 0.0102. The summed E-state index contributed by atoms with van der Waals surface area (Å²) in [6.07, 6.45) is 2.39. The Kier molecular flexibility index (Phi) is 5.58. The van der Waals surface area contributed by atoms with Crippen molar-refractivity contribution in [2.24, 2.45) is 0 Å². The zero-order chi connectivity index (χ0) is 20.4. The van der Waals surface area contributed by atoms with E-state index in [4.69, 9.17) is 19.5 Å². The third kappa shape index (κ3) is 4.15. The van der Waals surface area contributed by atoms with Crippen LogP contribution >= 0.6 is 0 Å². The normalized spacial score (nSPS) is 25.9. The van der Waals surface area contributed by atoms with Crippen LogP contribution in [0.4, 0.5) is 0 Å². The van der Waals surface area contributed by atoms with Crippen molar-refractivity contribution in [3.8, 4) is 17.6 Å². The van der Waals surface area contributed by atoms with Gasteiger partial charge in [0.15, 0.2) is 6.10 Å². The molecule has 3 heterocycles. The Balaban J connectivity index is 1.29. The second kappa shape index (κ2) is 8.29. The van der Waals surface area contributed by atoms with E-state index in [1.807, 2.05) is 18.2 Å². The van der Waals surface area contributed by atoms with Gasteiger partial charge in [0.05, 0.1) is 19.7 Å². The highest BCUT2D eigenvalue weighted by Gasteiger charge is 2.33. The van der Waals surface area contributed by atoms with E-state index < -0.39 is 6.10 Å². The second-order valence-electron chi connectivity index (χ2n) is 7.74. The molecule has 0 spiro atoms. The first kappa shape index (κ1) is 19.5. The van der Waals surface area contributed by atoms with E-state index in [1.165, 1.54) is 7.11 Å². The van der Waals surface area contributed by atoms with Gasteiger partial charge < -0.3 is 19.1 Å². The largest absolute Gasteiger partial charge is 0.489 e. The summed E-state index contributed by atoms with van der Waals surface area (Å²) < 4.78 is 16.5. The van der Waals surface area contributed by atoms with Crippen LogP contribution < -0.4 is 9.47 Å². The summed E-state index contributed by atoms with van der Waals surface area (Å²) in [5, 5.41) is 9.17. The summed E-state index contributed by atoms with van der Waals surface area (Å²) >= 11 is 0. The summed E-state index contributed by atoms with van der Waals surface area (Å²) in [7, 11) is 1.35. The molecule has 154 valence electrons. The fourth-order valence-electron chi connectivity index (χ4n) is 4.25. The number of nitriles is 1. The van der Waals surface area contributed by atoms with Crippen LogP contribution in [0.1, 0.15) is 24.8 Å². The number of ether oxygens (including phenoxy) is 3. The van der Waals surface area contributed by atoms with Gasteiger partial charge in [-0.1, -0.05) is 6.07 Å². The zero-order valence-corrected chi connectivity index (χ0v) is 16.5. The quantitative estimate of drug-likeness (QED) is 0.686. The number of fused-ring (bicyclic) bond motifs is 1. The van der Waals surface area contributed by atoms with E-state index in [1.54, 1.807) is 4.90 Å². The van der Waals surface area contributed by atoms with Gasteiger partial charge in [0.2, 0.25) is 5.91 Å². The number of hydrogen-bond acceptors (Lipinski definition) is 7. The lowest BCUT2D eigenvalue weighted by Gasteiger charge is -2.23. The molecule has 3 aliphatic rings. The molecule has 8 heteroatoms. The number of esters is 1. The molecule has 0 radical (unpaired) electrons. The first-order valence-corrected chi connectivity index (χ1v) is 10.0. The molecular weight excluding hydrogens is 374 g/mol. The topological polar surface area (TPSA) is 92.1 Å². The van der Waals surface area contributed by atoms with Crippen molar-refractivity contribution < 1.29 is 23.8 Å². The van der Waals surface area contributed by atoms with Crippen LogP contribution in [0.15, 0.2) is 18.2 Å². The molecule has 3 aliphatic heterocycles. The molecule has 0 aromatic heterocycles. The van der Waals surface area contributed by atoms with Crippen molar-refractivity contribution in [1.29, 1.82) is 5.26 Å². The van der Waals surface area contributed by atoms with E-state index >= 15 is 0 Å². The zero-order valence-electron chi connectivity index (χ0n) is 16.5. The first-order valence-electron chi connectivity index (χ1n) is 10.0. The first-order chi connectivity index (χ1) is 14.1. The number of benzene rings is 1. The number of rotatable bonds is 5. The van der Waals surface area contributed by atoms with Crippen molar-refractivity contribution in [2.75, 3.05) is 33.3 Å². The highest BCUT2D eigenvalue weighted by Crippen LogP contribution is 2.33. The smallest absolute Gasteiger partial charge is 0.347 e. The Bertz CT molecular complexity index is 836. The lowest BCUT2D eigenvalue weighted by molar-refractivity contribution is -0.147. The van der Waals surface area contributed by atoms with Crippen molar-refractivity contribution in [1.82, 2.24) is 9.80 Å². The minimum Gasteiger partial charge on any atom is -0.489 e. The maximum atomic E-state index is 12.5. The molecule has 0 bridgehead atoms. The molecule has 8 nitrogen and oxygen atoms in total. The summed E-state index contributed by atoms with van der Waals surface area (Å²) in [4.78, 5) is 28.0. The van der Waals surface area contributed by atoms with Gasteiger partial charge in [0.1, 0.15) is 23.6 Å². The van der Waals surface area contributed by atoms with Gasteiger partial charge in [0, 0.05) is 32.1 Å². The molecule has 1 amide bonds. The van der Waals surface area contributed by atoms with E-state index in [2.05, 4.69) is 11.0 Å². The predicted molar refractivity (Wildman–Crippen MR) is 102 cm³/mol. The number of methoxy groups -OCH3 is 1. The third-order valence-corrected chi connectivity index (χ3v) is 5.79. The van der Waals surface area contributed by atoms with Crippen LogP contribution in [0, 0.1) is 11.3 Å². The molecule has 1 aromatic rings. The van der Waals surface area contributed by atoms with Crippen LogP contribution in [0.2, 0.25) is 0 Å². The molecule has 0 aliphatic carbocycles. The lowest BCUT2D eigenvalue weighted by Crippen LogP contribution is -2.42. The molecule has 0 N–H and O–H groups in total. The van der Waals surface area contributed by atoms with Gasteiger partial charge in [-0.05, 0) is 30.9 Å². The molecule has 2 saturated heterocycles. The Morgan fingerprint density at radius 1 is 1.31 bits per heavy atom. The highest BCUT2D eigenvalue weighted by atomic mass is 16.6. The number of nitrogens with zero attached hydrogens (tertiary/aromatic N) is 3. The Morgan fingerprint density at radius 3 is 2.97 bits per heavy atom. The average Bonchev–Trinajstić information content (AvgIpc) is 3.46. The molecule has 0 saturated carbocycles. The average molecular weight is 399 g/mol. The Hall–Kier alpha value is -2.79. The maximum Gasteiger partial charge on any atom is 0.347 e. The molecular formula is C21H25N3O5. The van der Waals surface area contributed by atoms with Gasteiger partial charge in [-0.2, -0.15) is 5.26 Å². The molecule has 1 aromatic carbocycles. The van der Waals surface area contributed by atoms with Gasteiger partial charge in [-0.3, -0.25) is 9.69 Å². The van der Waals surface area contributed by atoms with Crippen LogP contribution in [-0.4, -0.2) is 73.2 Å². The number of hydrogen-bond donors (Lipinski definition) is 0. The van der Waals surface area contributed by atoms with Crippen LogP contribution in [0.25, 0.3) is 0 Å². The molecule has 4 rings (SSSR count). The van der Waals surface area contributed by atoms with Crippen molar-refractivity contribution in [3.63, 3.8) is 0 Å². The summed E-state index contributed by atoms with van der Waals surface area (Å²) in [5.41, 5.74) is 0.962. The third-order valence-electron chi connectivity index (χ3n) is 5.79. The summed E-state index contributed by atoms with van der Waals surface area (Å²) in [6.45, 7) is 2.45. The van der Waals surface area contributed by atoms with Crippen LogP contribution in [0.3, 0.4) is 0 Å². The molecule has 3 atom stereocenters. The molecule has 1 unspecified atom stereocenters. The van der Waals surface area contributed by atoms with Crippen LogP contribution in [-0.2, 0) is 20.7 Å². The molecule has 2 fully saturated rings. The summed E-state index contributed by atoms with van der Waals surface area (Å²) in [5.74, 6) is 0.988. The lowest BCUT2D eigenvalue weighted by atomic mass is 10.1. The maximum absolute atomic E-state index is 12.5. The number of carbonyl (C=O) groups excluding carboxylic acids is 2. The fraction of sp³-hybridized carbons (Fsp3) is 0.571. The highest BCUT2D eigenvalue weighted by molar-refractivity contribution is 5.79.